The Morgan fingerprint density at radius 3 is 2.44 bits per heavy atom. The lowest BCUT2D eigenvalue weighted by atomic mass is 10.2. The van der Waals surface area contributed by atoms with Crippen molar-refractivity contribution in [2.75, 3.05) is 12.4 Å². The zero-order valence-electron chi connectivity index (χ0n) is 13.5. The summed E-state index contributed by atoms with van der Waals surface area (Å²) >= 11 is 3.41. The van der Waals surface area contributed by atoms with E-state index < -0.39 is 0 Å². The normalized spacial score (nSPS) is 10.8. The fourth-order valence-corrected chi connectivity index (χ4v) is 2.49. The Balaban J connectivity index is 1.63. The number of ether oxygens (including phenoxy) is 1. The molecule has 5 heteroatoms. The number of benzene rings is 2. The third-order valence-electron chi connectivity index (χ3n) is 3.51. The van der Waals surface area contributed by atoms with Crippen molar-refractivity contribution < 1.29 is 13.9 Å². The Morgan fingerprint density at radius 1 is 1.04 bits per heavy atom. The summed E-state index contributed by atoms with van der Waals surface area (Å²) in [6.07, 6.45) is 3.08. The molecule has 1 aromatic heterocycles. The molecule has 1 amide bonds. The number of nitrogens with one attached hydrogen (secondary N) is 1. The highest BCUT2D eigenvalue weighted by molar-refractivity contribution is 9.10. The molecule has 0 aliphatic rings. The van der Waals surface area contributed by atoms with E-state index in [2.05, 4.69) is 21.2 Å². The molecule has 0 radical (unpaired) electrons. The van der Waals surface area contributed by atoms with Crippen molar-refractivity contribution in [1.29, 1.82) is 0 Å². The number of methoxy groups -OCH3 is 1. The molecule has 1 N–H and O–H groups in total. The number of halogens is 1. The van der Waals surface area contributed by atoms with Crippen LogP contribution in [0.25, 0.3) is 17.4 Å². The van der Waals surface area contributed by atoms with Gasteiger partial charge in [0.2, 0.25) is 5.91 Å². The minimum absolute atomic E-state index is 0.230. The molecule has 0 aliphatic heterocycles. The molecule has 0 unspecified atom stereocenters. The molecule has 4 nitrogen and oxygen atoms in total. The lowest BCUT2D eigenvalue weighted by molar-refractivity contribution is -0.111. The van der Waals surface area contributed by atoms with Crippen LogP contribution in [0.3, 0.4) is 0 Å². The summed E-state index contributed by atoms with van der Waals surface area (Å²) in [6.45, 7) is 0. The molecule has 0 fully saturated rings. The first kappa shape index (κ1) is 17.0. The van der Waals surface area contributed by atoms with Crippen LogP contribution < -0.4 is 10.1 Å². The lowest BCUT2D eigenvalue weighted by Crippen LogP contribution is -2.07. The molecule has 2 aromatic carbocycles. The summed E-state index contributed by atoms with van der Waals surface area (Å²) in [6, 6.07) is 18.7. The summed E-state index contributed by atoms with van der Waals surface area (Å²) in [5.74, 6) is 1.88. The van der Waals surface area contributed by atoms with E-state index in [0.29, 0.717) is 11.4 Å². The zero-order chi connectivity index (χ0) is 17.6. The summed E-state index contributed by atoms with van der Waals surface area (Å²) in [7, 11) is 1.60. The van der Waals surface area contributed by atoms with Gasteiger partial charge in [-0.1, -0.05) is 28.1 Å². The van der Waals surface area contributed by atoms with Gasteiger partial charge in [-0.3, -0.25) is 4.79 Å². The van der Waals surface area contributed by atoms with Crippen LogP contribution in [0.5, 0.6) is 5.75 Å². The summed E-state index contributed by atoms with van der Waals surface area (Å²) in [5.41, 5.74) is 1.68. The van der Waals surface area contributed by atoms with E-state index in [1.54, 1.807) is 37.5 Å². The Morgan fingerprint density at radius 2 is 1.76 bits per heavy atom. The maximum absolute atomic E-state index is 12.0. The molecular formula is C20H16BrNO3. The molecule has 3 aromatic rings. The van der Waals surface area contributed by atoms with E-state index in [-0.39, 0.29) is 5.91 Å². The quantitative estimate of drug-likeness (QED) is 0.588. The average Bonchev–Trinajstić information content (AvgIpc) is 3.10. The number of hydrogen-bond acceptors (Lipinski definition) is 3. The van der Waals surface area contributed by atoms with Gasteiger partial charge in [-0.25, -0.2) is 0 Å². The molecule has 3 rings (SSSR count). The van der Waals surface area contributed by atoms with E-state index in [0.717, 1.165) is 21.5 Å². The fraction of sp³-hybridized carbons (Fsp3) is 0.0500. The number of furan rings is 1. The third-order valence-corrected chi connectivity index (χ3v) is 4.04. The minimum Gasteiger partial charge on any atom is -0.497 e. The van der Waals surface area contributed by atoms with Crippen molar-refractivity contribution in [3.8, 4) is 17.1 Å². The van der Waals surface area contributed by atoms with Gasteiger partial charge >= 0.3 is 0 Å². The van der Waals surface area contributed by atoms with Gasteiger partial charge in [0.25, 0.3) is 0 Å². The molecule has 0 saturated heterocycles. The summed E-state index contributed by atoms with van der Waals surface area (Å²) < 4.78 is 11.8. The topological polar surface area (TPSA) is 51.5 Å². The van der Waals surface area contributed by atoms with Gasteiger partial charge in [0.1, 0.15) is 17.3 Å². The SMILES string of the molecule is COc1ccc(NC(=O)C=Cc2ccc(-c3ccc(Br)cc3)o2)cc1. The predicted octanol–water partition coefficient (Wildman–Crippen LogP) is 5.37. The van der Waals surface area contributed by atoms with Crippen LogP contribution in [0.15, 0.2) is 75.6 Å². The van der Waals surface area contributed by atoms with Gasteiger partial charge in [0, 0.05) is 21.8 Å². The van der Waals surface area contributed by atoms with Crippen molar-refractivity contribution in [3.63, 3.8) is 0 Å². The van der Waals surface area contributed by atoms with Gasteiger partial charge in [-0.2, -0.15) is 0 Å². The van der Waals surface area contributed by atoms with Crippen molar-refractivity contribution >= 4 is 33.6 Å². The van der Waals surface area contributed by atoms with Gasteiger partial charge < -0.3 is 14.5 Å². The Hall–Kier alpha value is -2.79. The van der Waals surface area contributed by atoms with Gasteiger partial charge in [-0.05, 0) is 54.6 Å². The number of amides is 1. The fourth-order valence-electron chi connectivity index (χ4n) is 2.23. The second-order valence-electron chi connectivity index (χ2n) is 5.26. The molecule has 0 bridgehead atoms. The van der Waals surface area contributed by atoms with Crippen LogP contribution in [-0.4, -0.2) is 13.0 Å². The zero-order valence-corrected chi connectivity index (χ0v) is 15.1. The number of carbonyl (C=O) groups excluding carboxylic acids is 1. The number of carbonyl (C=O) groups is 1. The Bertz CT molecular complexity index is 880. The van der Waals surface area contributed by atoms with E-state index in [4.69, 9.17) is 9.15 Å². The van der Waals surface area contributed by atoms with Crippen LogP contribution in [-0.2, 0) is 4.79 Å². The highest BCUT2D eigenvalue weighted by Crippen LogP contribution is 2.24. The van der Waals surface area contributed by atoms with Crippen LogP contribution in [0.1, 0.15) is 5.76 Å². The van der Waals surface area contributed by atoms with Crippen LogP contribution in [0.4, 0.5) is 5.69 Å². The van der Waals surface area contributed by atoms with E-state index in [9.17, 15) is 4.79 Å². The second kappa shape index (κ2) is 7.85. The van der Waals surface area contributed by atoms with Crippen molar-refractivity contribution in [2.45, 2.75) is 0 Å². The van der Waals surface area contributed by atoms with E-state index >= 15 is 0 Å². The molecule has 25 heavy (non-hydrogen) atoms. The highest BCUT2D eigenvalue weighted by Gasteiger charge is 2.04. The van der Waals surface area contributed by atoms with Gasteiger partial charge in [0.05, 0.1) is 7.11 Å². The number of hydrogen-bond donors (Lipinski definition) is 1. The maximum Gasteiger partial charge on any atom is 0.248 e. The molecule has 0 spiro atoms. The van der Waals surface area contributed by atoms with Crippen molar-refractivity contribution in [3.05, 3.63) is 77.0 Å². The monoisotopic (exact) mass is 397 g/mol. The van der Waals surface area contributed by atoms with Gasteiger partial charge in [-0.15, -0.1) is 0 Å². The maximum atomic E-state index is 12.0. The standard InChI is InChI=1S/C20H16BrNO3/c1-24-17-8-6-16(7-9-17)22-20(23)13-11-18-10-12-19(25-18)14-2-4-15(21)5-3-14/h2-13H,1H3,(H,22,23). The van der Waals surface area contributed by atoms with Crippen LogP contribution in [0.2, 0.25) is 0 Å². The summed E-state index contributed by atoms with van der Waals surface area (Å²) in [5, 5.41) is 2.78. The molecule has 0 aliphatic carbocycles. The second-order valence-corrected chi connectivity index (χ2v) is 6.18. The predicted molar refractivity (Wildman–Crippen MR) is 103 cm³/mol. The lowest BCUT2D eigenvalue weighted by Gasteiger charge is -2.03. The number of anilines is 1. The van der Waals surface area contributed by atoms with Crippen LogP contribution >= 0.6 is 15.9 Å². The molecule has 0 atom stereocenters. The Labute approximate surface area is 154 Å². The first-order chi connectivity index (χ1) is 12.1. The average molecular weight is 398 g/mol. The first-order valence-electron chi connectivity index (χ1n) is 7.63. The molecule has 126 valence electrons. The molecular weight excluding hydrogens is 382 g/mol. The molecule has 1 heterocycles. The minimum atomic E-state index is -0.230. The Kier molecular flexibility index (Phi) is 5.36. The largest absolute Gasteiger partial charge is 0.497 e. The van der Waals surface area contributed by atoms with Gasteiger partial charge in [0.15, 0.2) is 0 Å². The third kappa shape index (κ3) is 4.61. The summed E-state index contributed by atoms with van der Waals surface area (Å²) in [4.78, 5) is 12.0. The highest BCUT2D eigenvalue weighted by atomic mass is 79.9. The number of rotatable bonds is 5. The van der Waals surface area contributed by atoms with E-state index in [1.807, 2.05) is 36.4 Å². The van der Waals surface area contributed by atoms with Crippen molar-refractivity contribution in [2.24, 2.45) is 0 Å². The first-order valence-corrected chi connectivity index (χ1v) is 8.42. The van der Waals surface area contributed by atoms with Crippen LogP contribution in [0, 0.1) is 0 Å². The smallest absolute Gasteiger partial charge is 0.248 e. The molecule has 0 saturated carbocycles. The van der Waals surface area contributed by atoms with Crippen molar-refractivity contribution in [1.82, 2.24) is 0 Å². The van der Waals surface area contributed by atoms with E-state index in [1.165, 1.54) is 6.08 Å².